The summed E-state index contributed by atoms with van der Waals surface area (Å²) in [7, 11) is 0. The highest BCUT2D eigenvalue weighted by Crippen LogP contribution is 2.17. The van der Waals surface area contributed by atoms with Gasteiger partial charge in [-0.3, -0.25) is 9.98 Å². The highest BCUT2D eigenvalue weighted by molar-refractivity contribution is 8.14. The van der Waals surface area contributed by atoms with Crippen LogP contribution in [0.1, 0.15) is 6.42 Å². The van der Waals surface area contributed by atoms with E-state index < -0.39 is 6.29 Å². The molecule has 0 fully saturated rings. The van der Waals surface area contributed by atoms with Crippen LogP contribution in [0.3, 0.4) is 0 Å². The molecule has 6 heteroatoms. The van der Waals surface area contributed by atoms with Gasteiger partial charge in [0.1, 0.15) is 5.04 Å². The average molecular weight is 246 g/mol. The number of nitrogens with zero attached hydrogens (tertiary/aromatic N) is 2. The maximum absolute atomic E-state index is 9.60. The molecule has 0 spiro atoms. The minimum Gasteiger partial charge on any atom is -0.363 e. The van der Waals surface area contributed by atoms with E-state index in [4.69, 9.17) is 4.74 Å². The van der Waals surface area contributed by atoms with E-state index in [1.54, 1.807) is 23.5 Å². The zero-order chi connectivity index (χ0) is 10.5. The lowest BCUT2D eigenvalue weighted by molar-refractivity contribution is -0.0442. The lowest BCUT2D eigenvalue weighted by Crippen LogP contribution is -2.21. The maximum atomic E-state index is 9.60. The van der Waals surface area contributed by atoms with Crippen molar-refractivity contribution in [3.8, 4) is 0 Å². The molecule has 0 bridgehead atoms. The van der Waals surface area contributed by atoms with Crippen molar-refractivity contribution >= 4 is 33.6 Å². The summed E-state index contributed by atoms with van der Waals surface area (Å²) in [5.41, 5.74) is 0. The van der Waals surface area contributed by atoms with Gasteiger partial charge < -0.3 is 9.84 Å². The molecule has 15 heavy (non-hydrogen) atoms. The minimum atomic E-state index is -0.829. The van der Waals surface area contributed by atoms with Gasteiger partial charge in [-0.15, -0.1) is 23.5 Å². The molecule has 4 nitrogen and oxygen atoms in total. The Morgan fingerprint density at radius 1 is 1.27 bits per heavy atom. The van der Waals surface area contributed by atoms with Crippen molar-refractivity contribution in [2.45, 2.75) is 12.7 Å². The maximum Gasteiger partial charge on any atom is 0.204 e. The molecule has 0 aromatic carbocycles. The predicted octanol–water partition coefficient (Wildman–Crippen LogP) is 1.00. The van der Waals surface area contributed by atoms with E-state index >= 15 is 0 Å². The van der Waals surface area contributed by atoms with Crippen LogP contribution in [-0.4, -0.2) is 52.7 Å². The number of aliphatic imine (C=N–C) groups is 2. The van der Waals surface area contributed by atoms with Crippen LogP contribution in [0.4, 0.5) is 0 Å². The Bertz CT molecular complexity index is 281. The summed E-state index contributed by atoms with van der Waals surface area (Å²) in [6.45, 7) is 2.24. The first-order valence-corrected chi connectivity index (χ1v) is 6.96. The van der Waals surface area contributed by atoms with Crippen LogP contribution >= 0.6 is 23.5 Å². The summed E-state index contributed by atoms with van der Waals surface area (Å²) in [6.07, 6.45) is -0.0239. The molecule has 2 aliphatic rings. The molecule has 1 atom stereocenters. The highest BCUT2D eigenvalue weighted by atomic mass is 32.2. The number of hydrogen-bond donors (Lipinski definition) is 1. The summed E-state index contributed by atoms with van der Waals surface area (Å²) in [5.74, 6) is 2.04. The van der Waals surface area contributed by atoms with Crippen molar-refractivity contribution in [1.29, 1.82) is 0 Å². The molecular formula is C9H14N2O2S2. The zero-order valence-corrected chi connectivity index (χ0v) is 10.0. The Morgan fingerprint density at radius 2 is 2.07 bits per heavy atom. The van der Waals surface area contributed by atoms with Crippen LogP contribution in [0.2, 0.25) is 0 Å². The number of aliphatic hydroxyl groups excluding tert-OH is 1. The van der Waals surface area contributed by atoms with Crippen LogP contribution < -0.4 is 0 Å². The van der Waals surface area contributed by atoms with Crippen LogP contribution in [0.15, 0.2) is 9.98 Å². The lowest BCUT2D eigenvalue weighted by atomic mass is 10.5. The fourth-order valence-electron chi connectivity index (χ4n) is 1.36. The largest absolute Gasteiger partial charge is 0.363 e. The van der Waals surface area contributed by atoms with Crippen LogP contribution in [0.25, 0.3) is 0 Å². The molecule has 0 aliphatic carbocycles. The number of rotatable bonds is 5. The summed E-state index contributed by atoms with van der Waals surface area (Å²) >= 11 is 3.35. The molecule has 1 unspecified atom stereocenters. The summed E-state index contributed by atoms with van der Waals surface area (Å²) in [5, 5.41) is 11.5. The van der Waals surface area contributed by atoms with E-state index in [0.717, 1.165) is 41.1 Å². The summed E-state index contributed by atoms with van der Waals surface area (Å²) in [6, 6.07) is 0. The first kappa shape index (κ1) is 11.4. The van der Waals surface area contributed by atoms with Gasteiger partial charge in [-0.2, -0.15) is 0 Å². The molecule has 2 rings (SSSR count). The topological polar surface area (TPSA) is 54.2 Å². The van der Waals surface area contributed by atoms with Gasteiger partial charge in [-0.05, 0) is 0 Å². The Kier molecular flexibility index (Phi) is 4.49. The normalized spacial score (nSPS) is 22.7. The van der Waals surface area contributed by atoms with Gasteiger partial charge in [0.05, 0.1) is 11.7 Å². The van der Waals surface area contributed by atoms with Crippen molar-refractivity contribution in [1.82, 2.24) is 0 Å². The van der Waals surface area contributed by atoms with Crippen molar-refractivity contribution in [2.24, 2.45) is 9.98 Å². The third-order valence-corrected chi connectivity index (χ3v) is 4.13. The number of ether oxygens (including phenoxy) is 1. The molecule has 0 aromatic heterocycles. The molecule has 0 aromatic rings. The van der Waals surface area contributed by atoms with Crippen molar-refractivity contribution in [3.05, 3.63) is 0 Å². The van der Waals surface area contributed by atoms with Crippen LogP contribution in [0.5, 0.6) is 0 Å². The average Bonchev–Trinajstić information content (AvgIpc) is 2.90. The van der Waals surface area contributed by atoms with Gasteiger partial charge in [0, 0.05) is 31.0 Å². The Hall–Kier alpha value is -0.0400. The third-order valence-electron chi connectivity index (χ3n) is 2.06. The van der Waals surface area contributed by atoms with Gasteiger partial charge >= 0.3 is 0 Å². The minimum absolute atomic E-state index is 0.520. The fraction of sp³-hybridized carbons (Fsp3) is 0.778. The summed E-state index contributed by atoms with van der Waals surface area (Å²) < 4.78 is 5.30. The second-order valence-corrected chi connectivity index (χ2v) is 5.45. The standard InChI is InChI=1S/C9H14N2O2S2/c12-9(8-11-3-6-15-8)13-4-1-7-10-2-5-14-7/h9,12H,1-6H2. The number of thioether (sulfide) groups is 2. The molecular weight excluding hydrogens is 232 g/mol. The molecule has 0 saturated carbocycles. The molecule has 84 valence electrons. The van der Waals surface area contributed by atoms with E-state index in [1.165, 1.54) is 0 Å². The van der Waals surface area contributed by atoms with Gasteiger partial charge in [0.25, 0.3) is 0 Å². The van der Waals surface area contributed by atoms with Gasteiger partial charge in [-0.1, -0.05) is 0 Å². The monoisotopic (exact) mass is 246 g/mol. The first-order chi connectivity index (χ1) is 7.36. The van der Waals surface area contributed by atoms with Crippen LogP contribution in [-0.2, 0) is 4.74 Å². The second kappa shape index (κ2) is 5.89. The first-order valence-electron chi connectivity index (χ1n) is 4.99. The van der Waals surface area contributed by atoms with E-state index in [1.807, 2.05) is 0 Å². The summed E-state index contributed by atoms with van der Waals surface area (Å²) in [4.78, 5) is 8.47. The van der Waals surface area contributed by atoms with Gasteiger partial charge in [-0.25, -0.2) is 0 Å². The molecule has 0 radical (unpaired) electrons. The zero-order valence-electron chi connectivity index (χ0n) is 8.39. The third kappa shape index (κ3) is 3.48. The van der Waals surface area contributed by atoms with E-state index in [9.17, 15) is 5.11 Å². The van der Waals surface area contributed by atoms with E-state index in [0.29, 0.717) is 6.61 Å². The fourth-order valence-corrected chi connectivity index (χ4v) is 2.97. The van der Waals surface area contributed by atoms with Gasteiger partial charge in [0.2, 0.25) is 6.29 Å². The van der Waals surface area contributed by atoms with E-state index in [-0.39, 0.29) is 0 Å². The highest BCUT2D eigenvalue weighted by Gasteiger charge is 2.17. The Morgan fingerprint density at radius 3 is 2.73 bits per heavy atom. The number of aliphatic hydroxyl groups is 1. The molecule has 2 heterocycles. The molecule has 2 aliphatic heterocycles. The van der Waals surface area contributed by atoms with Gasteiger partial charge in [0.15, 0.2) is 0 Å². The Labute approximate surface area is 97.6 Å². The number of hydrogen-bond acceptors (Lipinski definition) is 6. The molecule has 0 amide bonds. The smallest absolute Gasteiger partial charge is 0.204 e. The van der Waals surface area contributed by atoms with E-state index in [2.05, 4.69) is 9.98 Å². The quantitative estimate of drug-likeness (QED) is 0.735. The van der Waals surface area contributed by atoms with Crippen molar-refractivity contribution in [3.63, 3.8) is 0 Å². The van der Waals surface area contributed by atoms with Crippen molar-refractivity contribution in [2.75, 3.05) is 31.2 Å². The predicted molar refractivity (Wildman–Crippen MR) is 66.1 cm³/mol. The Balaban J connectivity index is 1.64. The van der Waals surface area contributed by atoms with Crippen LogP contribution in [0, 0.1) is 0 Å². The molecule has 0 saturated heterocycles. The SMILES string of the molecule is OC(OCCC1=NCCS1)C1=NCCS1. The van der Waals surface area contributed by atoms with Crippen molar-refractivity contribution < 1.29 is 9.84 Å². The molecule has 1 N–H and O–H groups in total. The second-order valence-electron chi connectivity index (χ2n) is 3.17. The lowest BCUT2D eigenvalue weighted by Gasteiger charge is -2.10.